The molecule has 0 radical (unpaired) electrons. The molecule has 0 aromatic heterocycles. The number of carbonyl (C=O) groups is 1. The van der Waals surface area contributed by atoms with Gasteiger partial charge in [-0.25, -0.2) is 4.39 Å². The number of nitrogens with zero attached hydrogens (tertiary/aromatic N) is 2. The fraction of sp³-hybridized carbons (Fsp3) is 0.941. The Bertz CT molecular complexity index is 423. The molecule has 2 heterocycles. The largest absolute Gasteiger partial charge is 0.340 e. The maximum Gasteiger partial charge on any atom is 0.260 e. The second-order valence-electron chi connectivity index (χ2n) is 7.83. The van der Waals surface area contributed by atoms with E-state index in [1.807, 2.05) is 0 Å². The first-order valence-electron chi connectivity index (χ1n) is 8.85. The lowest BCUT2D eigenvalue weighted by atomic mass is 9.81. The van der Waals surface area contributed by atoms with Gasteiger partial charge in [-0.3, -0.25) is 9.69 Å². The van der Waals surface area contributed by atoms with Gasteiger partial charge >= 0.3 is 0 Å². The van der Waals surface area contributed by atoms with Gasteiger partial charge in [0.15, 0.2) is 5.67 Å². The zero-order valence-corrected chi connectivity index (χ0v) is 13.0. The standard InChI is InChI=1S/C17H27FN2O/c18-17(6-7-17)15(21)19-11-8-16(9-12-19)5-2-10-20(16)13-14-3-1-4-14/h14H,1-13H2. The third-order valence-electron chi connectivity index (χ3n) is 6.50. The average Bonchev–Trinajstić information content (AvgIpc) is 3.08. The summed E-state index contributed by atoms with van der Waals surface area (Å²) in [7, 11) is 0. The number of carbonyl (C=O) groups excluding carboxylic acids is 1. The molecule has 2 aliphatic carbocycles. The molecular weight excluding hydrogens is 267 g/mol. The van der Waals surface area contributed by atoms with Gasteiger partial charge in [0.05, 0.1) is 0 Å². The van der Waals surface area contributed by atoms with Crippen LogP contribution in [-0.2, 0) is 4.79 Å². The van der Waals surface area contributed by atoms with Crippen LogP contribution < -0.4 is 0 Å². The fourth-order valence-corrected chi connectivity index (χ4v) is 4.57. The quantitative estimate of drug-likeness (QED) is 0.799. The van der Waals surface area contributed by atoms with Crippen molar-refractivity contribution in [1.82, 2.24) is 9.80 Å². The van der Waals surface area contributed by atoms with Crippen LogP contribution in [0.2, 0.25) is 0 Å². The van der Waals surface area contributed by atoms with E-state index in [1.54, 1.807) is 4.90 Å². The fourth-order valence-electron chi connectivity index (χ4n) is 4.57. The van der Waals surface area contributed by atoms with Gasteiger partial charge in [-0.1, -0.05) is 6.42 Å². The Hall–Kier alpha value is -0.640. The van der Waals surface area contributed by atoms with Crippen LogP contribution in [-0.4, -0.2) is 53.1 Å². The van der Waals surface area contributed by atoms with E-state index in [0.29, 0.717) is 18.4 Å². The van der Waals surface area contributed by atoms with E-state index >= 15 is 0 Å². The number of hydrogen-bond acceptors (Lipinski definition) is 2. The van der Waals surface area contributed by atoms with Crippen molar-refractivity contribution in [3.63, 3.8) is 0 Å². The number of likely N-dealkylation sites (tertiary alicyclic amines) is 2. The Morgan fingerprint density at radius 3 is 2.29 bits per heavy atom. The van der Waals surface area contributed by atoms with Crippen molar-refractivity contribution in [2.45, 2.75) is 69.0 Å². The maximum absolute atomic E-state index is 13.9. The van der Waals surface area contributed by atoms with Gasteiger partial charge in [-0.2, -0.15) is 0 Å². The van der Waals surface area contributed by atoms with Crippen LogP contribution in [0.4, 0.5) is 4.39 Å². The lowest BCUT2D eigenvalue weighted by molar-refractivity contribution is -0.140. The van der Waals surface area contributed by atoms with E-state index in [9.17, 15) is 9.18 Å². The van der Waals surface area contributed by atoms with E-state index in [2.05, 4.69) is 4.90 Å². The van der Waals surface area contributed by atoms with Crippen LogP contribution in [0.15, 0.2) is 0 Å². The summed E-state index contributed by atoms with van der Waals surface area (Å²) in [5, 5.41) is 0. The van der Waals surface area contributed by atoms with Crippen LogP contribution >= 0.6 is 0 Å². The van der Waals surface area contributed by atoms with Crippen LogP contribution in [0.1, 0.15) is 57.8 Å². The molecule has 2 aliphatic heterocycles. The molecule has 4 heteroatoms. The molecule has 3 nitrogen and oxygen atoms in total. The van der Waals surface area contributed by atoms with Gasteiger partial charge in [-0.05, 0) is 63.8 Å². The molecule has 0 aromatic carbocycles. The number of halogens is 1. The summed E-state index contributed by atoms with van der Waals surface area (Å²) in [6.45, 7) is 4.04. The highest BCUT2D eigenvalue weighted by Gasteiger charge is 2.54. The minimum Gasteiger partial charge on any atom is -0.340 e. The molecule has 4 aliphatic rings. The van der Waals surface area contributed by atoms with Crippen molar-refractivity contribution in [2.75, 3.05) is 26.2 Å². The molecule has 1 amide bonds. The molecule has 0 aromatic rings. The van der Waals surface area contributed by atoms with E-state index in [1.165, 1.54) is 45.2 Å². The molecule has 118 valence electrons. The number of alkyl halides is 1. The molecule has 2 saturated carbocycles. The van der Waals surface area contributed by atoms with E-state index in [0.717, 1.165) is 31.8 Å². The summed E-state index contributed by atoms with van der Waals surface area (Å²) < 4.78 is 13.9. The van der Waals surface area contributed by atoms with Crippen molar-refractivity contribution >= 4 is 5.91 Å². The summed E-state index contributed by atoms with van der Waals surface area (Å²) in [5.41, 5.74) is -1.15. The zero-order valence-electron chi connectivity index (χ0n) is 13.0. The summed E-state index contributed by atoms with van der Waals surface area (Å²) >= 11 is 0. The van der Waals surface area contributed by atoms with E-state index in [-0.39, 0.29) is 5.91 Å². The highest BCUT2D eigenvalue weighted by molar-refractivity contribution is 5.88. The Kier molecular flexibility index (Phi) is 3.29. The number of amides is 1. The van der Waals surface area contributed by atoms with E-state index < -0.39 is 5.67 Å². The second kappa shape index (κ2) is 4.94. The lowest BCUT2D eigenvalue weighted by Crippen LogP contribution is -2.55. The molecule has 4 fully saturated rings. The first kappa shape index (κ1) is 14.0. The van der Waals surface area contributed by atoms with Crippen molar-refractivity contribution in [3.8, 4) is 0 Å². The van der Waals surface area contributed by atoms with Gasteiger partial charge < -0.3 is 4.90 Å². The highest BCUT2D eigenvalue weighted by Crippen LogP contribution is 2.44. The lowest BCUT2D eigenvalue weighted by Gasteiger charge is -2.47. The molecular formula is C17H27FN2O. The first-order valence-corrected chi connectivity index (χ1v) is 8.85. The molecule has 4 rings (SSSR count). The van der Waals surface area contributed by atoms with Crippen molar-refractivity contribution in [2.24, 2.45) is 5.92 Å². The molecule has 0 unspecified atom stereocenters. The maximum atomic E-state index is 13.9. The van der Waals surface area contributed by atoms with Gasteiger partial charge in [0.25, 0.3) is 5.91 Å². The van der Waals surface area contributed by atoms with Crippen LogP contribution in [0.25, 0.3) is 0 Å². The SMILES string of the molecule is O=C(N1CCC2(CCCN2CC2CCC2)CC1)C1(F)CC1. The number of piperidine rings is 1. The van der Waals surface area contributed by atoms with Crippen molar-refractivity contribution in [1.29, 1.82) is 0 Å². The highest BCUT2D eigenvalue weighted by atomic mass is 19.1. The normalized spacial score (nSPS) is 31.4. The Labute approximate surface area is 126 Å². The second-order valence-corrected chi connectivity index (χ2v) is 7.83. The van der Waals surface area contributed by atoms with Gasteiger partial charge in [0, 0.05) is 25.2 Å². The van der Waals surface area contributed by atoms with E-state index in [4.69, 9.17) is 0 Å². The predicted molar refractivity (Wildman–Crippen MR) is 79.8 cm³/mol. The average molecular weight is 294 g/mol. The third kappa shape index (κ3) is 2.39. The Morgan fingerprint density at radius 1 is 1.00 bits per heavy atom. The molecule has 0 atom stereocenters. The Morgan fingerprint density at radius 2 is 1.71 bits per heavy atom. The molecule has 21 heavy (non-hydrogen) atoms. The summed E-state index contributed by atoms with van der Waals surface area (Å²) in [6, 6.07) is 0. The monoisotopic (exact) mass is 294 g/mol. The molecule has 0 bridgehead atoms. The van der Waals surface area contributed by atoms with Crippen molar-refractivity contribution < 1.29 is 9.18 Å². The van der Waals surface area contributed by atoms with Gasteiger partial charge in [-0.15, -0.1) is 0 Å². The Balaban J connectivity index is 1.37. The topological polar surface area (TPSA) is 23.6 Å². The number of rotatable bonds is 3. The first-order chi connectivity index (χ1) is 10.1. The van der Waals surface area contributed by atoms with Crippen LogP contribution in [0.3, 0.4) is 0 Å². The predicted octanol–water partition coefficient (Wildman–Crippen LogP) is 2.75. The molecule has 1 spiro atoms. The minimum absolute atomic E-state index is 0.221. The summed E-state index contributed by atoms with van der Waals surface area (Å²) in [4.78, 5) is 16.7. The van der Waals surface area contributed by atoms with Crippen molar-refractivity contribution in [3.05, 3.63) is 0 Å². The third-order valence-corrected chi connectivity index (χ3v) is 6.50. The van der Waals surface area contributed by atoms with Gasteiger partial charge in [0.2, 0.25) is 0 Å². The van der Waals surface area contributed by atoms with Gasteiger partial charge in [0.1, 0.15) is 0 Å². The summed E-state index contributed by atoms with van der Waals surface area (Å²) in [6.07, 6.45) is 9.80. The van der Waals surface area contributed by atoms with Crippen LogP contribution in [0.5, 0.6) is 0 Å². The molecule has 0 N–H and O–H groups in total. The number of hydrogen-bond donors (Lipinski definition) is 0. The summed E-state index contributed by atoms with van der Waals surface area (Å²) in [5.74, 6) is 0.695. The van der Waals surface area contributed by atoms with Crippen LogP contribution in [0, 0.1) is 5.92 Å². The smallest absolute Gasteiger partial charge is 0.260 e. The zero-order chi connectivity index (χ0) is 14.5. The minimum atomic E-state index is -1.48. The molecule has 2 saturated heterocycles.